The van der Waals surface area contributed by atoms with Crippen molar-refractivity contribution < 1.29 is 9.15 Å². The van der Waals surface area contributed by atoms with Crippen LogP contribution < -0.4 is 10.2 Å². The largest absolute Gasteiger partial charge is 0.487 e. The van der Waals surface area contributed by atoms with Gasteiger partial charge in [-0.2, -0.15) is 0 Å². The highest BCUT2D eigenvalue weighted by atomic mass is 35.5. The summed E-state index contributed by atoms with van der Waals surface area (Å²) in [6, 6.07) is 1.36. The minimum atomic E-state index is -0.180. The second-order valence-corrected chi connectivity index (χ2v) is 4.01. The summed E-state index contributed by atoms with van der Waals surface area (Å²) in [5.41, 5.74) is -0.180. The third kappa shape index (κ3) is 3.96. The molecule has 0 aromatic carbocycles. The first-order valence-corrected chi connectivity index (χ1v) is 5.47. The van der Waals surface area contributed by atoms with E-state index in [9.17, 15) is 4.79 Å². The molecule has 0 aliphatic heterocycles. The molecule has 3 nitrogen and oxygen atoms in total. The molecule has 15 heavy (non-hydrogen) atoms. The molecule has 1 aromatic rings. The van der Waals surface area contributed by atoms with Gasteiger partial charge in [0.15, 0.2) is 0 Å². The van der Waals surface area contributed by atoms with Gasteiger partial charge in [0.05, 0.1) is 12.5 Å². The zero-order valence-corrected chi connectivity index (χ0v) is 9.71. The van der Waals surface area contributed by atoms with E-state index in [0.717, 1.165) is 6.42 Å². The summed E-state index contributed by atoms with van der Waals surface area (Å²) in [4.78, 5) is 11.4. The number of halogens is 1. The van der Waals surface area contributed by atoms with Crippen molar-refractivity contribution in [3.63, 3.8) is 0 Å². The van der Waals surface area contributed by atoms with Crippen LogP contribution in [-0.4, -0.2) is 6.61 Å². The molecular weight excluding hydrogens is 216 g/mol. The Hall–Kier alpha value is -0.960. The number of hydrogen-bond acceptors (Lipinski definition) is 3. The smallest absolute Gasteiger partial charge is 0.227 e. The lowest BCUT2D eigenvalue weighted by molar-refractivity contribution is 0.277. The van der Waals surface area contributed by atoms with Crippen molar-refractivity contribution >= 4 is 11.6 Å². The molecule has 0 aliphatic rings. The Morgan fingerprint density at radius 3 is 2.80 bits per heavy atom. The van der Waals surface area contributed by atoms with Gasteiger partial charge < -0.3 is 9.15 Å². The van der Waals surface area contributed by atoms with Crippen LogP contribution in [0.5, 0.6) is 5.75 Å². The van der Waals surface area contributed by atoms with Crippen LogP contribution in [0, 0.1) is 5.92 Å². The van der Waals surface area contributed by atoms with Crippen molar-refractivity contribution in [3.05, 3.63) is 28.3 Å². The van der Waals surface area contributed by atoms with E-state index >= 15 is 0 Å². The van der Waals surface area contributed by atoms with Crippen molar-refractivity contribution in [3.8, 4) is 5.75 Å². The molecule has 0 unspecified atom stereocenters. The zero-order valence-electron chi connectivity index (χ0n) is 8.96. The second kappa shape index (κ2) is 5.81. The van der Waals surface area contributed by atoms with Crippen LogP contribution in [0.4, 0.5) is 0 Å². The highest BCUT2D eigenvalue weighted by Crippen LogP contribution is 2.09. The maximum atomic E-state index is 11.4. The third-order valence-electron chi connectivity index (χ3n) is 1.94. The minimum absolute atomic E-state index is 0.180. The maximum Gasteiger partial charge on any atom is 0.227 e. The average molecular weight is 231 g/mol. The fraction of sp³-hybridized carbons (Fsp3) is 0.545. The third-order valence-corrected chi connectivity index (χ3v) is 2.20. The molecule has 1 rings (SSSR count). The molecule has 0 spiro atoms. The van der Waals surface area contributed by atoms with Gasteiger partial charge in [-0.1, -0.05) is 13.8 Å². The molecular formula is C11H15ClO3. The van der Waals surface area contributed by atoms with Gasteiger partial charge in [-0.3, -0.25) is 4.79 Å². The predicted molar refractivity (Wildman–Crippen MR) is 59.5 cm³/mol. The standard InChI is InChI=1S/C11H15ClO3/c1-8(2)3-4-14-11-7-15-9(6-12)5-10(11)13/h5,7-8H,3-4,6H2,1-2H3. The van der Waals surface area contributed by atoms with E-state index in [1.807, 2.05) is 0 Å². The van der Waals surface area contributed by atoms with Crippen LogP contribution in [0.2, 0.25) is 0 Å². The molecule has 1 aromatic heterocycles. The molecule has 0 saturated carbocycles. The first-order valence-electron chi connectivity index (χ1n) is 4.94. The number of rotatable bonds is 5. The van der Waals surface area contributed by atoms with E-state index in [1.54, 1.807) is 0 Å². The molecule has 0 radical (unpaired) electrons. The predicted octanol–water partition coefficient (Wildman–Crippen LogP) is 2.80. The molecule has 1 heterocycles. The lowest BCUT2D eigenvalue weighted by Crippen LogP contribution is -2.09. The van der Waals surface area contributed by atoms with Crippen molar-refractivity contribution in [2.75, 3.05) is 6.61 Å². The number of alkyl halides is 1. The second-order valence-electron chi connectivity index (χ2n) is 3.74. The Morgan fingerprint density at radius 1 is 1.53 bits per heavy atom. The van der Waals surface area contributed by atoms with Crippen molar-refractivity contribution in [1.29, 1.82) is 0 Å². The number of hydrogen-bond donors (Lipinski definition) is 0. The Morgan fingerprint density at radius 2 is 2.27 bits per heavy atom. The van der Waals surface area contributed by atoms with Crippen LogP contribution in [0.25, 0.3) is 0 Å². The van der Waals surface area contributed by atoms with E-state index in [0.29, 0.717) is 18.3 Å². The monoisotopic (exact) mass is 230 g/mol. The fourth-order valence-electron chi connectivity index (χ4n) is 1.02. The van der Waals surface area contributed by atoms with E-state index in [-0.39, 0.29) is 17.1 Å². The fourth-order valence-corrected chi connectivity index (χ4v) is 1.16. The van der Waals surface area contributed by atoms with Gasteiger partial charge in [-0.15, -0.1) is 11.6 Å². The molecule has 0 saturated heterocycles. The van der Waals surface area contributed by atoms with Gasteiger partial charge in [0.25, 0.3) is 0 Å². The molecule has 0 amide bonds. The van der Waals surface area contributed by atoms with Gasteiger partial charge in [0.2, 0.25) is 11.2 Å². The summed E-state index contributed by atoms with van der Waals surface area (Å²) in [5, 5.41) is 0. The molecule has 0 bridgehead atoms. The molecule has 0 aliphatic carbocycles. The Bertz CT molecular complexity index is 357. The topological polar surface area (TPSA) is 39.4 Å². The summed E-state index contributed by atoms with van der Waals surface area (Å²) in [5.74, 6) is 1.46. The molecule has 0 fully saturated rings. The maximum absolute atomic E-state index is 11.4. The summed E-state index contributed by atoms with van der Waals surface area (Å²) in [6.07, 6.45) is 2.23. The average Bonchev–Trinajstić information content (AvgIpc) is 2.20. The highest BCUT2D eigenvalue weighted by Gasteiger charge is 2.04. The Balaban J connectivity index is 2.58. The first-order chi connectivity index (χ1) is 7.13. The minimum Gasteiger partial charge on any atom is -0.487 e. The van der Waals surface area contributed by atoms with Crippen LogP contribution in [0.1, 0.15) is 26.0 Å². The highest BCUT2D eigenvalue weighted by molar-refractivity contribution is 6.16. The molecule has 84 valence electrons. The first kappa shape index (κ1) is 12.1. The summed E-state index contributed by atoms with van der Waals surface area (Å²) in [7, 11) is 0. The summed E-state index contributed by atoms with van der Waals surface area (Å²) < 4.78 is 10.4. The van der Waals surface area contributed by atoms with Crippen LogP contribution >= 0.6 is 11.6 Å². The van der Waals surface area contributed by atoms with Crippen molar-refractivity contribution in [2.24, 2.45) is 5.92 Å². The molecule has 4 heteroatoms. The van der Waals surface area contributed by atoms with Crippen molar-refractivity contribution in [1.82, 2.24) is 0 Å². The van der Waals surface area contributed by atoms with E-state index in [1.165, 1.54) is 12.3 Å². The lowest BCUT2D eigenvalue weighted by atomic mass is 10.1. The SMILES string of the molecule is CC(C)CCOc1coc(CCl)cc1=O. The van der Waals surface area contributed by atoms with Crippen LogP contribution in [0.15, 0.2) is 21.5 Å². The van der Waals surface area contributed by atoms with Gasteiger partial charge >= 0.3 is 0 Å². The zero-order chi connectivity index (χ0) is 11.3. The van der Waals surface area contributed by atoms with Gasteiger partial charge in [0.1, 0.15) is 12.0 Å². The lowest BCUT2D eigenvalue weighted by Gasteiger charge is -2.06. The Kier molecular flexibility index (Phi) is 4.69. The summed E-state index contributed by atoms with van der Waals surface area (Å²) >= 11 is 5.52. The molecule has 0 N–H and O–H groups in total. The Labute approximate surface area is 94.0 Å². The quantitative estimate of drug-likeness (QED) is 0.731. The van der Waals surface area contributed by atoms with Crippen LogP contribution in [0.3, 0.4) is 0 Å². The van der Waals surface area contributed by atoms with E-state index in [4.69, 9.17) is 20.8 Å². The van der Waals surface area contributed by atoms with Gasteiger partial charge in [0, 0.05) is 6.07 Å². The van der Waals surface area contributed by atoms with Gasteiger partial charge in [-0.05, 0) is 12.3 Å². The van der Waals surface area contributed by atoms with E-state index in [2.05, 4.69) is 13.8 Å². The molecule has 0 atom stereocenters. The number of ether oxygens (including phenoxy) is 1. The van der Waals surface area contributed by atoms with E-state index < -0.39 is 0 Å². The van der Waals surface area contributed by atoms with Gasteiger partial charge in [-0.25, -0.2) is 0 Å². The van der Waals surface area contributed by atoms with Crippen LogP contribution in [-0.2, 0) is 5.88 Å². The summed E-state index contributed by atoms with van der Waals surface area (Å²) in [6.45, 7) is 4.73. The normalized spacial score (nSPS) is 10.7. The van der Waals surface area contributed by atoms with Crippen molar-refractivity contribution in [2.45, 2.75) is 26.1 Å².